The third-order valence-corrected chi connectivity index (χ3v) is 2.12. The molecule has 0 aliphatic rings. The van der Waals surface area contributed by atoms with E-state index in [2.05, 4.69) is 24.0 Å². The van der Waals surface area contributed by atoms with Gasteiger partial charge in [-0.05, 0) is 24.5 Å². The number of benzene rings is 1. The second kappa shape index (κ2) is 4.58. The van der Waals surface area contributed by atoms with E-state index in [0.717, 1.165) is 12.0 Å². The molecule has 2 nitrogen and oxygen atoms in total. The van der Waals surface area contributed by atoms with Gasteiger partial charge in [-0.15, -0.1) is 0 Å². The van der Waals surface area contributed by atoms with Crippen LogP contribution < -0.4 is 0 Å². The van der Waals surface area contributed by atoms with Gasteiger partial charge in [0, 0.05) is 0 Å². The number of isocyanates is 1. The van der Waals surface area contributed by atoms with Crippen molar-refractivity contribution in [1.82, 2.24) is 0 Å². The summed E-state index contributed by atoms with van der Waals surface area (Å²) >= 11 is 0. The molecule has 68 valence electrons. The van der Waals surface area contributed by atoms with E-state index in [1.165, 1.54) is 5.56 Å². The first kappa shape index (κ1) is 9.69. The molecule has 1 rings (SSSR count). The van der Waals surface area contributed by atoms with Gasteiger partial charge in [0.15, 0.2) is 0 Å². The van der Waals surface area contributed by atoms with Gasteiger partial charge in [-0.1, -0.05) is 31.2 Å². The summed E-state index contributed by atoms with van der Waals surface area (Å²) in [6, 6.07) is 8.05. The first-order chi connectivity index (χ1) is 6.27. The Morgan fingerprint density at radius 3 is 2.46 bits per heavy atom. The molecule has 0 radical (unpaired) electrons. The quantitative estimate of drug-likeness (QED) is 0.513. The molecular weight excluding hydrogens is 162 g/mol. The topological polar surface area (TPSA) is 29.4 Å². The number of hydrogen-bond acceptors (Lipinski definition) is 2. The number of aliphatic imine (C=N–C) groups is 1. The lowest BCUT2D eigenvalue weighted by Crippen LogP contribution is -1.89. The van der Waals surface area contributed by atoms with Crippen molar-refractivity contribution in [3.8, 4) is 0 Å². The van der Waals surface area contributed by atoms with Crippen LogP contribution in [0.5, 0.6) is 0 Å². The van der Waals surface area contributed by atoms with Crippen LogP contribution in [0.15, 0.2) is 29.3 Å². The van der Waals surface area contributed by atoms with Gasteiger partial charge in [-0.3, -0.25) is 0 Å². The van der Waals surface area contributed by atoms with Gasteiger partial charge in [-0.2, -0.15) is 4.99 Å². The number of aryl methyl sites for hydroxylation is 1. The molecule has 2 heteroatoms. The zero-order valence-corrected chi connectivity index (χ0v) is 7.95. The van der Waals surface area contributed by atoms with E-state index in [1.807, 2.05) is 19.1 Å². The highest BCUT2D eigenvalue weighted by atomic mass is 16.1. The fourth-order valence-corrected chi connectivity index (χ4v) is 1.19. The van der Waals surface area contributed by atoms with Gasteiger partial charge in [-0.25, -0.2) is 4.79 Å². The van der Waals surface area contributed by atoms with Crippen LogP contribution >= 0.6 is 0 Å². The molecule has 0 bridgehead atoms. The number of nitrogens with zero attached hydrogens (tertiary/aromatic N) is 1. The minimum atomic E-state index is -0.0802. The van der Waals surface area contributed by atoms with Crippen LogP contribution in [0.4, 0.5) is 0 Å². The lowest BCUT2D eigenvalue weighted by atomic mass is 10.1. The van der Waals surface area contributed by atoms with E-state index >= 15 is 0 Å². The Balaban J connectivity index is 2.85. The molecule has 0 heterocycles. The molecule has 0 spiro atoms. The largest absolute Gasteiger partial charge is 0.235 e. The molecule has 13 heavy (non-hydrogen) atoms. The fraction of sp³-hybridized carbons (Fsp3) is 0.364. The third kappa shape index (κ3) is 2.53. The Bertz CT molecular complexity index is 309. The van der Waals surface area contributed by atoms with Crippen molar-refractivity contribution in [1.29, 1.82) is 0 Å². The van der Waals surface area contributed by atoms with E-state index in [0.29, 0.717) is 0 Å². The molecular formula is C11H13NO. The highest BCUT2D eigenvalue weighted by Crippen LogP contribution is 2.16. The molecule has 0 saturated carbocycles. The minimum Gasteiger partial charge on any atom is -0.211 e. The van der Waals surface area contributed by atoms with E-state index in [9.17, 15) is 4.79 Å². The van der Waals surface area contributed by atoms with Gasteiger partial charge >= 0.3 is 0 Å². The standard InChI is InChI=1S/C11H13NO/c1-3-10-4-6-11(7-5-10)9(2)12-8-13/h4-7,9H,3H2,1-2H3/t9-/m0/s1. The molecule has 1 atom stereocenters. The van der Waals surface area contributed by atoms with Gasteiger partial charge in [0.05, 0.1) is 6.04 Å². The summed E-state index contributed by atoms with van der Waals surface area (Å²) in [5.74, 6) is 0. The van der Waals surface area contributed by atoms with Crippen molar-refractivity contribution in [2.75, 3.05) is 0 Å². The second-order valence-corrected chi connectivity index (χ2v) is 2.99. The summed E-state index contributed by atoms with van der Waals surface area (Å²) in [5, 5.41) is 0. The highest BCUT2D eigenvalue weighted by Gasteiger charge is 2.01. The van der Waals surface area contributed by atoms with Crippen molar-refractivity contribution >= 4 is 6.08 Å². The van der Waals surface area contributed by atoms with Crippen LogP contribution in [0.3, 0.4) is 0 Å². The van der Waals surface area contributed by atoms with Crippen molar-refractivity contribution in [2.45, 2.75) is 26.3 Å². The summed E-state index contributed by atoms with van der Waals surface area (Å²) in [4.78, 5) is 13.7. The van der Waals surface area contributed by atoms with Gasteiger partial charge in [0.1, 0.15) is 0 Å². The third-order valence-electron chi connectivity index (χ3n) is 2.12. The first-order valence-corrected chi connectivity index (χ1v) is 4.43. The highest BCUT2D eigenvalue weighted by molar-refractivity contribution is 5.35. The molecule has 0 aliphatic heterocycles. The van der Waals surface area contributed by atoms with Crippen LogP contribution in [0.2, 0.25) is 0 Å². The summed E-state index contributed by atoms with van der Waals surface area (Å²) < 4.78 is 0. The zero-order valence-electron chi connectivity index (χ0n) is 7.95. The van der Waals surface area contributed by atoms with Crippen LogP contribution in [0.1, 0.15) is 31.0 Å². The molecule has 0 amide bonds. The molecule has 1 aromatic carbocycles. The summed E-state index contributed by atoms with van der Waals surface area (Å²) in [5.41, 5.74) is 2.35. The minimum absolute atomic E-state index is 0.0802. The predicted octanol–water partition coefficient (Wildman–Crippen LogP) is 2.65. The molecule has 0 aliphatic carbocycles. The molecule has 0 unspecified atom stereocenters. The predicted molar refractivity (Wildman–Crippen MR) is 52.4 cm³/mol. The van der Waals surface area contributed by atoms with E-state index in [-0.39, 0.29) is 6.04 Å². The van der Waals surface area contributed by atoms with Crippen LogP contribution in [-0.4, -0.2) is 6.08 Å². The van der Waals surface area contributed by atoms with Gasteiger partial charge < -0.3 is 0 Å². The SMILES string of the molecule is CCc1ccc([C@H](C)N=C=O)cc1. The van der Waals surface area contributed by atoms with E-state index in [4.69, 9.17) is 0 Å². The Kier molecular flexibility index (Phi) is 3.41. The van der Waals surface area contributed by atoms with Crippen LogP contribution in [0.25, 0.3) is 0 Å². The number of carbonyl (C=O) groups excluding carboxylic acids is 1. The molecule has 0 saturated heterocycles. The Hall–Kier alpha value is -1.40. The van der Waals surface area contributed by atoms with Crippen LogP contribution in [0, 0.1) is 0 Å². The maximum absolute atomic E-state index is 10.0. The average molecular weight is 175 g/mol. The maximum atomic E-state index is 10.0. The second-order valence-electron chi connectivity index (χ2n) is 2.99. The molecule has 1 aromatic rings. The summed E-state index contributed by atoms with van der Waals surface area (Å²) in [7, 11) is 0. The van der Waals surface area contributed by atoms with E-state index in [1.54, 1.807) is 6.08 Å². The molecule has 0 fully saturated rings. The fourth-order valence-electron chi connectivity index (χ4n) is 1.19. The Morgan fingerprint density at radius 1 is 1.38 bits per heavy atom. The lowest BCUT2D eigenvalue weighted by Gasteiger charge is -2.04. The first-order valence-electron chi connectivity index (χ1n) is 4.43. The summed E-state index contributed by atoms with van der Waals surface area (Å²) in [6.45, 7) is 3.99. The van der Waals surface area contributed by atoms with Crippen LogP contribution in [-0.2, 0) is 11.2 Å². The monoisotopic (exact) mass is 175 g/mol. The normalized spacial score (nSPS) is 11.8. The van der Waals surface area contributed by atoms with Crippen molar-refractivity contribution in [3.05, 3.63) is 35.4 Å². The van der Waals surface area contributed by atoms with E-state index < -0.39 is 0 Å². The van der Waals surface area contributed by atoms with Crippen molar-refractivity contribution in [2.24, 2.45) is 4.99 Å². The van der Waals surface area contributed by atoms with Gasteiger partial charge in [0.2, 0.25) is 6.08 Å². The Morgan fingerprint density at radius 2 is 2.00 bits per heavy atom. The lowest BCUT2D eigenvalue weighted by molar-refractivity contribution is 0.559. The number of hydrogen-bond donors (Lipinski definition) is 0. The molecule has 0 N–H and O–H groups in total. The smallest absolute Gasteiger partial charge is 0.211 e. The zero-order chi connectivity index (χ0) is 9.68. The van der Waals surface area contributed by atoms with Crippen molar-refractivity contribution < 1.29 is 4.79 Å². The Labute approximate surface area is 78.3 Å². The van der Waals surface area contributed by atoms with Gasteiger partial charge in [0.25, 0.3) is 0 Å². The average Bonchev–Trinajstić information content (AvgIpc) is 2.18. The van der Waals surface area contributed by atoms with Crippen molar-refractivity contribution in [3.63, 3.8) is 0 Å². The molecule has 0 aromatic heterocycles. The maximum Gasteiger partial charge on any atom is 0.235 e. The number of rotatable bonds is 3. The summed E-state index contributed by atoms with van der Waals surface area (Å²) in [6.07, 6.45) is 2.60.